The molecule has 1 aromatic carbocycles. The average Bonchev–Trinajstić information content (AvgIpc) is 3.12. The van der Waals surface area contributed by atoms with E-state index in [-0.39, 0.29) is 23.5 Å². The molecule has 29 heavy (non-hydrogen) atoms. The largest absolute Gasteiger partial charge is 0.451 e. The number of nitrogens with zero attached hydrogens (tertiary/aromatic N) is 1. The fourth-order valence-electron chi connectivity index (χ4n) is 4.12. The number of hydrogen-bond acceptors (Lipinski definition) is 7. The first-order valence-electron chi connectivity index (χ1n) is 8.60. The van der Waals surface area contributed by atoms with E-state index in [0.29, 0.717) is 0 Å². The van der Waals surface area contributed by atoms with Crippen molar-refractivity contribution in [2.75, 3.05) is 13.2 Å². The molecule has 1 spiro atoms. The van der Waals surface area contributed by atoms with E-state index in [2.05, 4.69) is 16.0 Å². The highest BCUT2D eigenvalue weighted by Gasteiger charge is 2.75. The molecular weight excluding hydrogens is 411 g/mol. The smallest absolute Gasteiger partial charge is 0.341 e. The van der Waals surface area contributed by atoms with Crippen molar-refractivity contribution in [1.82, 2.24) is 20.9 Å². The van der Waals surface area contributed by atoms with Crippen LogP contribution in [-0.2, 0) is 4.74 Å². The molecule has 156 valence electrons. The number of halogens is 2. The summed E-state index contributed by atoms with van der Waals surface area (Å²) >= 11 is 5.68. The summed E-state index contributed by atoms with van der Waals surface area (Å²) in [4.78, 5) is 13.7. The second-order valence-corrected chi connectivity index (χ2v) is 7.41. The van der Waals surface area contributed by atoms with Gasteiger partial charge in [-0.15, -0.1) is 0 Å². The fourth-order valence-corrected chi connectivity index (χ4v) is 4.30. The number of guanidine groups is 2. The molecular formula is C16H18ClFN6O5. The molecule has 0 saturated carbocycles. The van der Waals surface area contributed by atoms with E-state index in [9.17, 15) is 24.5 Å². The third-order valence-corrected chi connectivity index (χ3v) is 5.75. The molecule has 4 rings (SSSR count). The maximum absolute atomic E-state index is 14.1. The van der Waals surface area contributed by atoms with Crippen LogP contribution in [-0.4, -0.2) is 80.9 Å². The number of aliphatic hydroxyl groups excluding tert-OH is 1. The van der Waals surface area contributed by atoms with E-state index in [0.717, 1.165) is 6.07 Å². The van der Waals surface area contributed by atoms with Crippen LogP contribution in [0.5, 0.6) is 0 Å². The molecule has 0 aromatic heterocycles. The van der Waals surface area contributed by atoms with E-state index in [4.69, 9.17) is 27.2 Å². The van der Waals surface area contributed by atoms with Crippen LogP contribution in [0.15, 0.2) is 18.2 Å². The van der Waals surface area contributed by atoms with Crippen LogP contribution in [0.2, 0.25) is 5.02 Å². The van der Waals surface area contributed by atoms with Crippen LogP contribution in [0.25, 0.3) is 0 Å². The Morgan fingerprint density at radius 3 is 2.79 bits per heavy atom. The number of rotatable bonds is 3. The van der Waals surface area contributed by atoms with Gasteiger partial charge in [0.1, 0.15) is 0 Å². The Balaban J connectivity index is 1.70. The zero-order valence-electron chi connectivity index (χ0n) is 14.7. The van der Waals surface area contributed by atoms with Crippen molar-refractivity contribution in [3.63, 3.8) is 0 Å². The number of esters is 1. The van der Waals surface area contributed by atoms with Crippen molar-refractivity contribution in [2.45, 2.75) is 29.6 Å². The van der Waals surface area contributed by atoms with Crippen molar-refractivity contribution in [3.05, 3.63) is 34.6 Å². The zero-order chi connectivity index (χ0) is 21.1. The molecule has 3 heterocycles. The molecule has 0 amide bonds. The lowest BCUT2D eigenvalue weighted by Gasteiger charge is -2.50. The third-order valence-electron chi connectivity index (χ3n) is 5.46. The number of carbonyl (C=O) groups is 1. The second kappa shape index (κ2) is 6.42. The van der Waals surface area contributed by atoms with Gasteiger partial charge in [0.05, 0.1) is 35.8 Å². The van der Waals surface area contributed by atoms with Crippen LogP contribution in [0.3, 0.4) is 0 Å². The van der Waals surface area contributed by atoms with Gasteiger partial charge < -0.3 is 40.9 Å². The predicted octanol–water partition coefficient (Wildman–Crippen LogP) is -1.91. The van der Waals surface area contributed by atoms with Gasteiger partial charge >= 0.3 is 5.97 Å². The Hall–Kier alpha value is -2.67. The highest BCUT2D eigenvalue weighted by Crippen LogP contribution is 2.44. The Bertz CT molecular complexity index is 916. The van der Waals surface area contributed by atoms with Crippen LogP contribution >= 0.6 is 11.6 Å². The first kappa shape index (κ1) is 19.6. The highest BCUT2D eigenvalue weighted by molar-refractivity contribution is 6.31. The summed E-state index contributed by atoms with van der Waals surface area (Å²) < 4.78 is 19.3. The van der Waals surface area contributed by atoms with E-state index < -0.39 is 53.6 Å². The second-order valence-electron chi connectivity index (χ2n) is 7.00. The summed E-state index contributed by atoms with van der Waals surface area (Å²) in [6.45, 7) is -0.817. The summed E-state index contributed by atoms with van der Waals surface area (Å²) in [5.74, 6) is -5.53. The molecule has 4 atom stereocenters. The Kier molecular flexibility index (Phi) is 4.35. The van der Waals surface area contributed by atoms with E-state index >= 15 is 0 Å². The van der Waals surface area contributed by atoms with Gasteiger partial charge in [-0.25, -0.2) is 9.18 Å². The number of aliphatic hydroxyl groups is 3. The molecule has 11 nitrogen and oxygen atoms in total. The van der Waals surface area contributed by atoms with Crippen molar-refractivity contribution in [3.8, 4) is 0 Å². The topological polar surface area (TPSA) is 174 Å². The van der Waals surface area contributed by atoms with Crippen molar-refractivity contribution >= 4 is 29.5 Å². The van der Waals surface area contributed by atoms with E-state index in [1.807, 2.05) is 0 Å². The van der Waals surface area contributed by atoms with Gasteiger partial charge in [0, 0.05) is 0 Å². The van der Waals surface area contributed by atoms with Crippen LogP contribution < -0.4 is 16.0 Å². The van der Waals surface area contributed by atoms with E-state index in [1.165, 1.54) is 17.0 Å². The molecule has 3 saturated heterocycles. The monoisotopic (exact) mass is 428 g/mol. The third kappa shape index (κ3) is 2.56. The van der Waals surface area contributed by atoms with Gasteiger partial charge in [-0.1, -0.05) is 17.7 Å². The lowest BCUT2D eigenvalue weighted by molar-refractivity contribution is -0.258. The van der Waals surface area contributed by atoms with E-state index in [1.54, 1.807) is 0 Å². The molecule has 0 radical (unpaired) electrons. The molecule has 0 unspecified atom stereocenters. The maximum Gasteiger partial charge on any atom is 0.341 e. The minimum atomic E-state index is -2.81. The Morgan fingerprint density at radius 1 is 1.38 bits per heavy atom. The average molecular weight is 429 g/mol. The minimum absolute atomic E-state index is 0.268. The maximum atomic E-state index is 14.1. The first-order chi connectivity index (χ1) is 13.6. The standard InChI is InChI=1S/C16H18ClFN6O5/c17-7-3-1-2-6(10(7)18)12(26)29-9-4-24-14(20)21-8(5-25)11-15(24,16(9,27)28)23-13(19)22-11/h1-3,8-9,11,25,27-28H,4-5H2,(H2,20,21)(H3,19,22,23)/t8-,9-,11-,15-/m0/s1. The Morgan fingerprint density at radius 2 is 2.10 bits per heavy atom. The quantitative estimate of drug-likeness (QED) is 0.202. The number of carbonyl (C=O) groups excluding carboxylic acids is 1. The number of ether oxygens (including phenoxy) is 1. The zero-order valence-corrected chi connectivity index (χ0v) is 15.5. The van der Waals surface area contributed by atoms with Gasteiger partial charge in [0.15, 0.2) is 29.5 Å². The summed E-state index contributed by atoms with van der Waals surface area (Å²) in [7, 11) is 0. The van der Waals surface area contributed by atoms with Gasteiger partial charge in [0.25, 0.3) is 0 Å². The van der Waals surface area contributed by atoms with Gasteiger partial charge in [0.2, 0.25) is 5.79 Å². The normalized spacial score (nSPS) is 32.0. The minimum Gasteiger partial charge on any atom is -0.451 e. The molecule has 3 aliphatic heterocycles. The molecule has 1 aromatic rings. The SMILES string of the molecule is N=C1N[C@H]2[C@H](CO)NC(=N)N3C[C@H](OC(=O)c4cccc(Cl)c4F)C(O)(O)[C@]23N1. The summed E-state index contributed by atoms with van der Waals surface area (Å²) in [5, 5.41) is 55.3. The fraction of sp³-hybridized carbons (Fsp3) is 0.438. The summed E-state index contributed by atoms with van der Waals surface area (Å²) in [5.41, 5.74) is -2.36. The number of nitrogens with one attached hydrogen (secondary N) is 5. The predicted molar refractivity (Wildman–Crippen MR) is 96.7 cm³/mol. The molecule has 3 fully saturated rings. The van der Waals surface area contributed by atoms with Gasteiger partial charge in [-0.3, -0.25) is 10.8 Å². The van der Waals surface area contributed by atoms with Crippen molar-refractivity contribution in [2.24, 2.45) is 0 Å². The summed E-state index contributed by atoms with van der Waals surface area (Å²) in [6.07, 6.45) is -1.62. The first-order valence-corrected chi connectivity index (χ1v) is 8.98. The van der Waals surface area contributed by atoms with Gasteiger partial charge in [-0.2, -0.15) is 0 Å². The van der Waals surface area contributed by atoms with Crippen LogP contribution in [0.4, 0.5) is 4.39 Å². The lowest BCUT2D eigenvalue weighted by atomic mass is 9.85. The molecule has 13 heteroatoms. The molecule has 0 bridgehead atoms. The van der Waals surface area contributed by atoms with Crippen molar-refractivity contribution < 1.29 is 29.2 Å². The van der Waals surface area contributed by atoms with Crippen molar-refractivity contribution in [1.29, 1.82) is 10.8 Å². The Labute approximate surface area is 168 Å². The lowest BCUT2D eigenvalue weighted by Crippen LogP contribution is -2.80. The molecule has 8 N–H and O–H groups in total. The molecule has 3 aliphatic rings. The van der Waals surface area contributed by atoms with Crippen LogP contribution in [0, 0.1) is 16.6 Å². The summed E-state index contributed by atoms with van der Waals surface area (Å²) in [6, 6.07) is 1.93. The number of benzene rings is 1. The highest BCUT2D eigenvalue weighted by atomic mass is 35.5. The number of hydrogen-bond donors (Lipinski definition) is 8. The van der Waals surface area contributed by atoms with Gasteiger partial charge in [-0.05, 0) is 12.1 Å². The van der Waals surface area contributed by atoms with Crippen LogP contribution in [0.1, 0.15) is 10.4 Å². The molecule has 0 aliphatic carbocycles.